The SMILES string of the molecule is O=Cc1cc(/C=C/c2ccc(N3CCCCC3)cc2)cc(F)c1O. The molecule has 1 N–H and O–H groups in total. The van der Waals surface area contributed by atoms with Crippen molar-refractivity contribution in [3.63, 3.8) is 0 Å². The second-order valence-corrected chi connectivity index (χ2v) is 6.03. The number of nitrogens with zero attached hydrogens (tertiary/aromatic N) is 1. The Morgan fingerprint density at radius 2 is 1.62 bits per heavy atom. The molecule has 3 rings (SSSR count). The Morgan fingerprint density at radius 1 is 0.958 bits per heavy atom. The van der Waals surface area contributed by atoms with E-state index in [0.717, 1.165) is 18.7 Å². The molecule has 0 bridgehead atoms. The lowest BCUT2D eigenvalue weighted by atomic mass is 10.1. The van der Waals surface area contributed by atoms with Gasteiger partial charge in [0.1, 0.15) is 0 Å². The summed E-state index contributed by atoms with van der Waals surface area (Å²) in [5.41, 5.74) is 2.71. The number of aldehydes is 1. The highest BCUT2D eigenvalue weighted by atomic mass is 19.1. The van der Waals surface area contributed by atoms with Gasteiger partial charge in [0.15, 0.2) is 17.9 Å². The van der Waals surface area contributed by atoms with Gasteiger partial charge in [-0.2, -0.15) is 0 Å². The van der Waals surface area contributed by atoms with Crippen LogP contribution in [0.4, 0.5) is 10.1 Å². The van der Waals surface area contributed by atoms with Crippen molar-refractivity contribution in [2.24, 2.45) is 0 Å². The van der Waals surface area contributed by atoms with E-state index in [0.29, 0.717) is 11.8 Å². The Hall–Kier alpha value is -2.62. The second-order valence-electron chi connectivity index (χ2n) is 6.03. The molecule has 0 saturated carbocycles. The number of benzene rings is 2. The predicted molar refractivity (Wildman–Crippen MR) is 94.9 cm³/mol. The average molecular weight is 325 g/mol. The normalized spacial score (nSPS) is 15.0. The molecule has 0 unspecified atom stereocenters. The van der Waals surface area contributed by atoms with Crippen LogP contribution in [-0.4, -0.2) is 24.5 Å². The topological polar surface area (TPSA) is 40.5 Å². The summed E-state index contributed by atoms with van der Waals surface area (Å²) in [6.07, 6.45) is 7.83. The van der Waals surface area contributed by atoms with E-state index in [-0.39, 0.29) is 5.56 Å². The molecule has 1 aliphatic heterocycles. The Morgan fingerprint density at radius 3 is 2.29 bits per heavy atom. The number of carbonyl (C=O) groups excluding carboxylic acids is 1. The van der Waals surface area contributed by atoms with Gasteiger partial charge in [-0.25, -0.2) is 4.39 Å². The van der Waals surface area contributed by atoms with E-state index >= 15 is 0 Å². The number of carbonyl (C=O) groups is 1. The van der Waals surface area contributed by atoms with Crippen LogP contribution in [-0.2, 0) is 0 Å². The number of hydrogen-bond acceptors (Lipinski definition) is 3. The number of aromatic hydroxyl groups is 1. The van der Waals surface area contributed by atoms with Crippen LogP contribution >= 0.6 is 0 Å². The van der Waals surface area contributed by atoms with Crippen LogP contribution in [0.3, 0.4) is 0 Å². The largest absolute Gasteiger partial charge is 0.504 e. The molecule has 1 heterocycles. The van der Waals surface area contributed by atoms with Crippen molar-refractivity contribution in [1.29, 1.82) is 0 Å². The van der Waals surface area contributed by atoms with Crippen LogP contribution in [0.2, 0.25) is 0 Å². The van der Waals surface area contributed by atoms with Gasteiger partial charge < -0.3 is 10.0 Å². The fourth-order valence-electron chi connectivity index (χ4n) is 2.97. The van der Waals surface area contributed by atoms with E-state index in [4.69, 9.17) is 0 Å². The summed E-state index contributed by atoms with van der Waals surface area (Å²) in [5.74, 6) is -1.40. The number of rotatable bonds is 4. The zero-order valence-electron chi connectivity index (χ0n) is 13.4. The maximum Gasteiger partial charge on any atom is 0.166 e. The molecule has 0 radical (unpaired) electrons. The molecule has 2 aromatic carbocycles. The molecule has 3 nitrogen and oxygen atoms in total. The molecule has 24 heavy (non-hydrogen) atoms. The lowest BCUT2D eigenvalue weighted by Crippen LogP contribution is -2.29. The summed E-state index contributed by atoms with van der Waals surface area (Å²) in [6.45, 7) is 2.22. The molecule has 0 spiro atoms. The second kappa shape index (κ2) is 7.30. The summed E-state index contributed by atoms with van der Waals surface area (Å²) in [7, 11) is 0. The predicted octanol–water partition coefficient (Wildman–Crippen LogP) is 4.50. The third-order valence-corrected chi connectivity index (χ3v) is 4.32. The van der Waals surface area contributed by atoms with Gasteiger partial charge in [0, 0.05) is 18.8 Å². The van der Waals surface area contributed by atoms with Crippen molar-refractivity contribution in [3.8, 4) is 5.75 Å². The van der Waals surface area contributed by atoms with Crippen LogP contribution < -0.4 is 4.90 Å². The Kier molecular flexibility index (Phi) is 4.94. The van der Waals surface area contributed by atoms with E-state index in [1.54, 1.807) is 6.08 Å². The van der Waals surface area contributed by atoms with Crippen LogP contribution in [0.15, 0.2) is 36.4 Å². The number of halogens is 1. The van der Waals surface area contributed by atoms with E-state index in [9.17, 15) is 14.3 Å². The highest BCUT2D eigenvalue weighted by Gasteiger charge is 2.10. The maximum atomic E-state index is 13.6. The molecule has 2 aromatic rings. The number of anilines is 1. The minimum absolute atomic E-state index is 0.0462. The number of phenols is 1. The molecule has 0 aliphatic carbocycles. The Labute approximate surface area is 141 Å². The molecular formula is C20H20FNO2. The van der Waals surface area contributed by atoms with E-state index in [1.807, 2.05) is 18.2 Å². The van der Waals surface area contributed by atoms with E-state index in [1.165, 1.54) is 37.1 Å². The van der Waals surface area contributed by atoms with Crippen molar-refractivity contribution in [1.82, 2.24) is 0 Å². The average Bonchev–Trinajstić information content (AvgIpc) is 2.63. The zero-order chi connectivity index (χ0) is 16.9. The zero-order valence-corrected chi connectivity index (χ0v) is 13.4. The quantitative estimate of drug-likeness (QED) is 0.664. The van der Waals surface area contributed by atoms with Gasteiger partial charge >= 0.3 is 0 Å². The molecule has 0 amide bonds. The van der Waals surface area contributed by atoms with Crippen molar-refractivity contribution in [2.45, 2.75) is 19.3 Å². The van der Waals surface area contributed by atoms with Crippen molar-refractivity contribution in [3.05, 3.63) is 58.9 Å². The highest BCUT2D eigenvalue weighted by Crippen LogP contribution is 2.24. The van der Waals surface area contributed by atoms with Crippen LogP contribution in [0.25, 0.3) is 12.2 Å². The molecule has 1 aliphatic rings. The number of hydrogen-bond donors (Lipinski definition) is 1. The minimum atomic E-state index is -0.792. The minimum Gasteiger partial charge on any atom is -0.504 e. The van der Waals surface area contributed by atoms with Crippen molar-refractivity contribution < 1.29 is 14.3 Å². The van der Waals surface area contributed by atoms with Crippen LogP contribution in [0, 0.1) is 5.82 Å². The van der Waals surface area contributed by atoms with Gasteiger partial charge in [-0.3, -0.25) is 4.79 Å². The molecule has 1 saturated heterocycles. The number of piperidine rings is 1. The Bertz CT molecular complexity index is 747. The van der Waals surface area contributed by atoms with Gasteiger partial charge in [-0.15, -0.1) is 0 Å². The van der Waals surface area contributed by atoms with Gasteiger partial charge in [-0.05, 0) is 54.7 Å². The molecule has 0 aromatic heterocycles. The molecule has 0 atom stereocenters. The third kappa shape index (κ3) is 3.65. The Balaban J connectivity index is 1.75. The summed E-state index contributed by atoms with van der Waals surface area (Å²) >= 11 is 0. The molecular weight excluding hydrogens is 305 g/mol. The van der Waals surface area contributed by atoms with Gasteiger partial charge in [0.05, 0.1) is 5.56 Å². The van der Waals surface area contributed by atoms with Gasteiger partial charge in [-0.1, -0.05) is 24.3 Å². The van der Waals surface area contributed by atoms with Crippen LogP contribution in [0.5, 0.6) is 5.75 Å². The van der Waals surface area contributed by atoms with E-state index < -0.39 is 11.6 Å². The molecule has 124 valence electrons. The van der Waals surface area contributed by atoms with Crippen molar-refractivity contribution in [2.75, 3.05) is 18.0 Å². The third-order valence-electron chi connectivity index (χ3n) is 4.32. The molecule has 4 heteroatoms. The first-order valence-corrected chi connectivity index (χ1v) is 8.18. The summed E-state index contributed by atoms with van der Waals surface area (Å²) in [6, 6.07) is 10.9. The lowest BCUT2D eigenvalue weighted by molar-refractivity contribution is 0.112. The fourth-order valence-corrected chi connectivity index (χ4v) is 2.97. The summed E-state index contributed by atoms with van der Waals surface area (Å²) < 4.78 is 13.6. The highest BCUT2D eigenvalue weighted by molar-refractivity contribution is 5.82. The summed E-state index contributed by atoms with van der Waals surface area (Å²) in [4.78, 5) is 13.2. The number of phenolic OH excluding ortho intramolecular Hbond substituents is 1. The fraction of sp³-hybridized carbons (Fsp3) is 0.250. The monoisotopic (exact) mass is 325 g/mol. The smallest absolute Gasteiger partial charge is 0.166 e. The molecule has 1 fully saturated rings. The first-order chi connectivity index (χ1) is 11.7. The van der Waals surface area contributed by atoms with Crippen LogP contribution in [0.1, 0.15) is 40.7 Å². The summed E-state index contributed by atoms with van der Waals surface area (Å²) in [5, 5.41) is 9.43. The van der Waals surface area contributed by atoms with Crippen molar-refractivity contribution >= 4 is 24.1 Å². The van der Waals surface area contributed by atoms with Gasteiger partial charge in [0.25, 0.3) is 0 Å². The maximum absolute atomic E-state index is 13.6. The first kappa shape index (κ1) is 16.2. The van der Waals surface area contributed by atoms with Gasteiger partial charge in [0.2, 0.25) is 0 Å². The van der Waals surface area contributed by atoms with E-state index in [2.05, 4.69) is 17.0 Å². The first-order valence-electron chi connectivity index (χ1n) is 8.18. The lowest BCUT2D eigenvalue weighted by Gasteiger charge is -2.28. The standard InChI is InChI=1S/C20H20FNO2/c21-19-13-16(12-17(14-23)20(19)24)5-4-15-6-8-18(9-7-15)22-10-2-1-3-11-22/h4-9,12-14,24H,1-3,10-11H2/b5-4+.